The maximum absolute atomic E-state index is 12.7. The zero-order valence-corrected chi connectivity index (χ0v) is 14.5. The van der Waals surface area contributed by atoms with Gasteiger partial charge in [0.15, 0.2) is 0 Å². The van der Waals surface area contributed by atoms with Crippen LogP contribution in [0.3, 0.4) is 0 Å². The van der Waals surface area contributed by atoms with Crippen molar-refractivity contribution in [3.05, 3.63) is 77.2 Å². The second kappa shape index (κ2) is 7.65. The van der Waals surface area contributed by atoms with Gasteiger partial charge in [0.2, 0.25) is 5.89 Å². The maximum Gasteiger partial charge on any atom is 0.416 e. The highest BCUT2D eigenvalue weighted by atomic mass is 19.4. The van der Waals surface area contributed by atoms with Crippen molar-refractivity contribution >= 4 is 5.91 Å². The molecule has 1 heterocycles. The minimum Gasteiger partial charge on any atom is -0.444 e. The molecule has 0 radical (unpaired) electrons. The van der Waals surface area contributed by atoms with Gasteiger partial charge >= 0.3 is 6.18 Å². The predicted molar refractivity (Wildman–Crippen MR) is 94.2 cm³/mol. The van der Waals surface area contributed by atoms with Crippen LogP contribution in [-0.4, -0.2) is 17.4 Å². The highest BCUT2D eigenvalue weighted by molar-refractivity contribution is 5.94. The van der Waals surface area contributed by atoms with Gasteiger partial charge in [-0.3, -0.25) is 4.79 Å². The molecular formula is C20H17F3N2O2. The van der Waals surface area contributed by atoms with Gasteiger partial charge in [0.1, 0.15) is 6.26 Å². The standard InChI is InChI=1S/C20H17F3N2O2/c1-13-5-7-14(8-6-13)19-25-17(12-27-19)9-10-24-18(26)15-3-2-4-16(11-15)20(21,22)23/h2-8,11-12H,9-10H2,1H3,(H,24,26). The number of hydrogen-bond donors (Lipinski definition) is 1. The van der Waals surface area contributed by atoms with E-state index in [0.717, 1.165) is 23.3 Å². The van der Waals surface area contributed by atoms with Crippen LogP contribution in [0.4, 0.5) is 13.2 Å². The minimum atomic E-state index is -4.48. The first kappa shape index (κ1) is 18.7. The number of amides is 1. The van der Waals surface area contributed by atoms with Gasteiger partial charge in [0.05, 0.1) is 11.3 Å². The minimum absolute atomic E-state index is 0.0367. The Labute approximate surface area is 154 Å². The lowest BCUT2D eigenvalue weighted by molar-refractivity contribution is -0.137. The molecule has 0 unspecified atom stereocenters. The van der Waals surface area contributed by atoms with Crippen LogP contribution < -0.4 is 5.32 Å². The van der Waals surface area contributed by atoms with Crippen molar-refractivity contribution in [2.24, 2.45) is 0 Å². The van der Waals surface area contributed by atoms with Crippen molar-refractivity contribution in [3.63, 3.8) is 0 Å². The van der Waals surface area contributed by atoms with Gasteiger partial charge in [-0.05, 0) is 37.3 Å². The molecule has 1 N–H and O–H groups in total. The zero-order chi connectivity index (χ0) is 19.4. The van der Waals surface area contributed by atoms with E-state index in [2.05, 4.69) is 10.3 Å². The van der Waals surface area contributed by atoms with Gasteiger partial charge in [-0.1, -0.05) is 23.8 Å². The number of aromatic nitrogens is 1. The molecule has 1 aromatic heterocycles. The van der Waals surface area contributed by atoms with Crippen molar-refractivity contribution < 1.29 is 22.4 Å². The molecule has 3 aromatic rings. The van der Waals surface area contributed by atoms with Gasteiger partial charge < -0.3 is 9.73 Å². The first-order chi connectivity index (χ1) is 12.8. The Morgan fingerprint density at radius 2 is 1.89 bits per heavy atom. The van der Waals surface area contributed by atoms with Gasteiger partial charge in [-0.25, -0.2) is 4.98 Å². The summed E-state index contributed by atoms with van der Waals surface area (Å²) in [6.07, 6.45) is -2.57. The summed E-state index contributed by atoms with van der Waals surface area (Å²) < 4.78 is 43.6. The van der Waals surface area contributed by atoms with Gasteiger partial charge in [-0.15, -0.1) is 0 Å². The SMILES string of the molecule is Cc1ccc(-c2nc(CCNC(=O)c3cccc(C(F)(F)F)c3)co2)cc1. The molecule has 1 amide bonds. The number of nitrogens with one attached hydrogen (secondary N) is 1. The first-order valence-electron chi connectivity index (χ1n) is 8.30. The lowest BCUT2D eigenvalue weighted by Gasteiger charge is -2.09. The van der Waals surface area contributed by atoms with Crippen LogP contribution in [0.5, 0.6) is 0 Å². The number of alkyl halides is 3. The van der Waals surface area contributed by atoms with Crippen LogP contribution in [0.1, 0.15) is 27.2 Å². The van der Waals surface area contributed by atoms with Gasteiger partial charge in [0.25, 0.3) is 5.91 Å². The number of carbonyl (C=O) groups excluding carboxylic acids is 1. The molecule has 0 aliphatic rings. The summed E-state index contributed by atoms with van der Waals surface area (Å²) in [6, 6.07) is 12.0. The Kier molecular flexibility index (Phi) is 5.30. The van der Waals surface area contributed by atoms with E-state index in [4.69, 9.17) is 4.42 Å². The monoisotopic (exact) mass is 374 g/mol. The summed E-state index contributed by atoms with van der Waals surface area (Å²) in [6.45, 7) is 2.22. The molecule has 2 aromatic carbocycles. The molecule has 27 heavy (non-hydrogen) atoms. The van der Waals surface area contributed by atoms with Crippen molar-refractivity contribution in [1.82, 2.24) is 10.3 Å². The van der Waals surface area contributed by atoms with Crippen molar-refractivity contribution in [3.8, 4) is 11.5 Å². The molecule has 0 spiro atoms. The van der Waals surface area contributed by atoms with E-state index < -0.39 is 17.6 Å². The van der Waals surface area contributed by atoms with Crippen LogP contribution in [-0.2, 0) is 12.6 Å². The Hall–Kier alpha value is -3.09. The largest absolute Gasteiger partial charge is 0.444 e. The summed E-state index contributed by atoms with van der Waals surface area (Å²) in [5.41, 5.74) is 1.73. The summed E-state index contributed by atoms with van der Waals surface area (Å²) in [5, 5.41) is 2.59. The van der Waals surface area contributed by atoms with Crippen LogP contribution >= 0.6 is 0 Å². The van der Waals surface area contributed by atoms with E-state index in [1.165, 1.54) is 18.4 Å². The fourth-order valence-electron chi connectivity index (χ4n) is 2.49. The molecule has 140 valence electrons. The fourth-order valence-corrected chi connectivity index (χ4v) is 2.49. The normalized spacial score (nSPS) is 11.4. The third kappa shape index (κ3) is 4.75. The summed E-state index contributed by atoms with van der Waals surface area (Å²) in [7, 11) is 0. The average molecular weight is 374 g/mol. The fraction of sp³-hybridized carbons (Fsp3) is 0.200. The number of hydrogen-bond acceptors (Lipinski definition) is 3. The van der Waals surface area contributed by atoms with E-state index in [0.29, 0.717) is 18.0 Å². The van der Waals surface area contributed by atoms with E-state index in [1.54, 1.807) is 0 Å². The second-order valence-electron chi connectivity index (χ2n) is 6.09. The zero-order valence-electron chi connectivity index (χ0n) is 14.5. The third-order valence-corrected chi connectivity index (χ3v) is 3.97. The summed E-state index contributed by atoms with van der Waals surface area (Å²) >= 11 is 0. The molecule has 0 saturated heterocycles. The third-order valence-electron chi connectivity index (χ3n) is 3.97. The second-order valence-corrected chi connectivity index (χ2v) is 6.09. The number of carbonyl (C=O) groups is 1. The highest BCUT2D eigenvalue weighted by Gasteiger charge is 2.30. The molecule has 0 saturated carbocycles. The summed E-state index contributed by atoms with van der Waals surface area (Å²) in [4.78, 5) is 16.4. The topological polar surface area (TPSA) is 55.1 Å². The quantitative estimate of drug-likeness (QED) is 0.708. The Bertz CT molecular complexity index is 931. The molecule has 7 heteroatoms. The van der Waals surface area contributed by atoms with Crippen LogP contribution in [0.15, 0.2) is 59.2 Å². The number of benzene rings is 2. The van der Waals surface area contributed by atoms with Crippen LogP contribution in [0, 0.1) is 6.92 Å². The average Bonchev–Trinajstić information content (AvgIpc) is 3.10. The van der Waals surface area contributed by atoms with Crippen molar-refractivity contribution in [2.45, 2.75) is 19.5 Å². The van der Waals surface area contributed by atoms with Gasteiger partial charge in [-0.2, -0.15) is 13.2 Å². The molecule has 0 bridgehead atoms. The molecular weight excluding hydrogens is 357 g/mol. The van der Waals surface area contributed by atoms with Crippen LogP contribution in [0.25, 0.3) is 11.5 Å². The molecule has 3 rings (SSSR count). The molecule has 0 atom stereocenters. The van der Waals surface area contributed by atoms with Gasteiger partial charge in [0, 0.05) is 24.1 Å². The number of oxazole rings is 1. The number of rotatable bonds is 5. The van der Waals surface area contributed by atoms with Crippen molar-refractivity contribution in [2.75, 3.05) is 6.54 Å². The van der Waals surface area contributed by atoms with E-state index in [1.807, 2.05) is 31.2 Å². The van der Waals surface area contributed by atoms with Crippen LogP contribution in [0.2, 0.25) is 0 Å². The molecule has 0 aliphatic heterocycles. The Morgan fingerprint density at radius 3 is 2.59 bits per heavy atom. The van der Waals surface area contributed by atoms with E-state index >= 15 is 0 Å². The first-order valence-corrected chi connectivity index (χ1v) is 8.30. The lowest BCUT2D eigenvalue weighted by atomic mass is 10.1. The number of nitrogens with zero attached hydrogens (tertiary/aromatic N) is 1. The molecule has 4 nitrogen and oxygen atoms in total. The van der Waals surface area contributed by atoms with E-state index in [-0.39, 0.29) is 12.1 Å². The molecule has 0 fully saturated rings. The molecule has 0 aliphatic carbocycles. The maximum atomic E-state index is 12.7. The number of aryl methyl sites for hydroxylation is 1. The lowest BCUT2D eigenvalue weighted by Crippen LogP contribution is -2.26. The Morgan fingerprint density at radius 1 is 1.15 bits per heavy atom. The predicted octanol–water partition coefficient (Wildman–Crippen LogP) is 4.64. The van der Waals surface area contributed by atoms with E-state index in [9.17, 15) is 18.0 Å². The number of halogens is 3. The summed E-state index contributed by atoms with van der Waals surface area (Å²) in [5.74, 6) is -0.0856. The highest BCUT2D eigenvalue weighted by Crippen LogP contribution is 2.29. The van der Waals surface area contributed by atoms with Crippen molar-refractivity contribution in [1.29, 1.82) is 0 Å². The smallest absolute Gasteiger partial charge is 0.416 e. The Balaban J connectivity index is 1.57.